The Balaban J connectivity index is 2.14. The van der Waals surface area contributed by atoms with Gasteiger partial charge in [0, 0.05) is 12.6 Å². The number of nitrogens with zero attached hydrogens (tertiary/aromatic N) is 2. The summed E-state index contributed by atoms with van der Waals surface area (Å²) in [5.74, 6) is 2.26. The van der Waals surface area contributed by atoms with Crippen LogP contribution in [0.4, 0.5) is 11.6 Å². The molecule has 0 bridgehead atoms. The van der Waals surface area contributed by atoms with Crippen molar-refractivity contribution in [2.45, 2.75) is 39.7 Å². The van der Waals surface area contributed by atoms with Crippen LogP contribution in [0, 0.1) is 6.92 Å². The summed E-state index contributed by atoms with van der Waals surface area (Å²) in [5, 5.41) is 3.25. The van der Waals surface area contributed by atoms with Gasteiger partial charge in [0.05, 0.1) is 0 Å². The molecule has 5 heteroatoms. The maximum atomic E-state index is 5.76. The fourth-order valence-corrected chi connectivity index (χ4v) is 1.60. The molecule has 0 spiro atoms. The number of unbranched alkanes of at least 4 members (excludes halogenated alkanes) is 1. The molecule has 0 fully saturated rings. The van der Waals surface area contributed by atoms with E-state index >= 15 is 0 Å². The number of hydrogen-bond donors (Lipinski definition) is 3. The molecule has 5 nitrogen and oxygen atoms in total. The number of nitrogens with one attached hydrogen (secondary N) is 2. The normalized spacial score (nSPS) is 11.4. The molecule has 0 aromatic carbocycles. The minimum absolute atomic E-state index is 0.618. The molecule has 1 rings (SSSR count). The van der Waals surface area contributed by atoms with Gasteiger partial charge in [-0.15, -0.1) is 0 Å². The number of aryl methyl sites for hydroxylation is 1. The molecule has 0 aliphatic heterocycles. The van der Waals surface area contributed by atoms with E-state index in [0.717, 1.165) is 31.2 Å². The van der Waals surface area contributed by atoms with Crippen LogP contribution in [0.25, 0.3) is 0 Å². The Hall–Kier alpha value is -1.23. The molecule has 1 aromatic heterocycles. The largest absolute Gasteiger partial charge is 0.382 e. The summed E-state index contributed by atoms with van der Waals surface area (Å²) in [6.07, 6.45) is 2.31. The number of hydrogen-bond acceptors (Lipinski definition) is 4. The predicted octanol–water partition coefficient (Wildman–Crippen LogP) is 1.83. The van der Waals surface area contributed by atoms with Crippen LogP contribution in [-0.2, 0) is 0 Å². The van der Waals surface area contributed by atoms with Crippen molar-refractivity contribution in [1.29, 1.82) is 0 Å². The van der Waals surface area contributed by atoms with E-state index in [1.54, 1.807) is 0 Å². The smallest absolute Gasteiger partial charge is 0.168 e. The summed E-state index contributed by atoms with van der Waals surface area (Å²) in [6.45, 7) is 8.38. The molecule has 98 valence electrons. The molecule has 1 heterocycles. The van der Waals surface area contributed by atoms with Crippen LogP contribution in [0.3, 0.4) is 0 Å². The summed E-state index contributed by atoms with van der Waals surface area (Å²) >= 11 is 0. The average molecular weight is 239 g/mol. The van der Waals surface area contributed by atoms with E-state index in [1.165, 1.54) is 6.42 Å². The third-order valence-electron chi connectivity index (χ3n) is 2.96. The number of anilines is 2. The quantitative estimate of drug-likeness (QED) is 0.635. The van der Waals surface area contributed by atoms with Crippen molar-refractivity contribution in [3.63, 3.8) is 0 Å². The van der Waals surface area contributed by atoms with E-state index in [1.807, 2.05) is 6.92 Å². The predicted molar refractivity (Wildman–Crippen MR) is 73.2 cm³/mol. The number of H-pyrrole nitrogens is 1. The lowest BCUT2D eigenvalue weighted by molar-refractivity contribution is 0.269. The highest BCUT2D eigenvalue weighted by molar-refractivity contribution is 5.56. The maximum Gasteiger partial charge on any atom is 0.168 e. The van der Waals surface area contributed by atoms with Crippen LogP contribution in [0.2, 0.25) is 0 Å². The Labute approximate surface area is 104 Å². The van der Waals surface area contributed by atoms with Gasteiger partial charge in [-0.1, -0.05) is 0 Å². The summed E-state index contributed by atoms with van der Waals surface area (Å²) in [5.41, 5.74) is 5.76. The first kappa shape index (κ1) is 13.8. The molecule has 0 amide bonds. The fourth-order valence-electron chi connectivity index (χ4n) is 1.60. The minimum atomic E-state index is 0.618. The minimum Gasteiger partial charge on any atom is -0.382 e. The van der Waals surface area contributed by atoms with Gasteiger partial charge >= 0.3 is 0 Å². The number of aromatic nitrogens is 2. The monoisotopic (exact) mass is 239 g/mol. The number of nitrogens with two attached hydrogens (primary N) is 1. The van der Waals surface area contributed by atoms with Crippen LogP contribution in [0.1, 0.15) is 32.5 Å². The van der Waals surface area contributed by atoms with Crippen LogP contribution in [0.5, 0.6) is 0 Å². The van der Waals surface area contributed by atoms with E-state index < -0.39 is 0 Å². The number of rotatable bonds is 7. The zero-order valence-electron chi connectivity index (χ0n) is 11.4. The van der Waals surface area contributed by atoms with Crippen LogP contribution >= 0.6 is 0 Å². The molecule has 0 aliphatic rings. The molecule has 17 heavy (non-hydrogen) atoms. The van der Waals surface area contributed by atoms with E-state index in [2.05, 4.69) is 41.1 Å². The summed E-state index contributed by atoms with van der Waals surface area (Å²) in [7, 11) is 2.16. The highest BCUT2D eigenvalue weighted by atomic mass is 15.1. The third kappa shape index (κ3) is 4.65. The zero-order valence-corrected chi connectivity index (χ0v) is 11.4. The fraction of sp³-hybridized carbons (Fsp3) is 0.750. The lowest BCUT2D eigenvalue weighted by atomic mass is 10.2. The molecule has 1 aromatic rings. The molecule has 0 saturated carbocycles. The lowest BCUT2D eigenvalue weighted by Crippen LogP contribution is -2.27. The first-order valence-electron chi connectivity index (χ1n) is 6.27. The van der Waals surface area contributed by atoms with Crippen molar-refractivity contribution >= 4 is 11.6 Å². The number of aromatic amines is 1. The van der Waals surface area contributed by atoms with Crippen molar-refractivity contribution in [3.8, 4) is 0 Å². The van der Waals surface area contributed by atoms with Gasteiger partial charge in [-0.05, 0) is 47.2 Å². The van der Waals surface area contributed by atoms with Crippen molar-refractivity contribution in [2.24, 2.45) is 0 Å². The summed E-state index contributed by atoms with van der Waals surface area (Å²) in [4.78, 5) is 9.60. The molecule has 0 aliphatic carbocycles. The molecule has 0 unspecified atom stereocenters. The summed E-state index contributed by atoms with van der Waals surface area (Å²) in [6, 6.07) is 0.618. The first-order chi connectivity index (χ1) is 8.00. The van der Waals surface area contributed by atoms with Crippen molar-refractivity contribution in [2.75, 3.05) is 31.2 Å². The van der Waals surface area contributed by atoms with Gasteiger partial charge in [0.15, 0.2) is 5.82 Å². The van der Waals surface area contributed by atoms with E-state index in [0.29, 0.717) is 11.9 Å². The van der Waals surface area contributed by atoms with Gasteiger partial charge in [-0.3, -0.25) is 0 Å². The Morgan fingerprint density at radius 3 is 2.65 bits per heavy atom. The van der Waals surface area contributed by atoms with Gasteiger partial charge in [0.25, 0.3) is 0 Å². The second-order valence-electron chi connectivity index (χ2n) is 4.79. The van der Waals surface area contributed by atoms with Crippen LogP contribution < -0.4 is 11.1 Å². The van der Waals surface area contributed by atoms with Crippen LogP contribution in [-0.4, -0.2) is 41.0 Å². The molecule has 4 N–H and O–H groups in total. The Morgan fingerprint density at radius 1 is 1.41 bits per heavy atom. The molecule has 0 radical (unpaired) electrons. The molecular weight excluding hydrogens is 214 g/mol. The van der Waals surface area contributed by atoms with Gasteiger partial charge in [-0.2, -0.15) is 0 Å². The van der Waals surface area contributed by atoms with Crippen molar-refractivity contribution < 1.29 is 0 Å². The molecular formula is C12H25N5. The Morgan fingerprint density at radius 2 is 2.12 bits per heavy atom. The lowest BCUT2D eigenvalue weighted by Gasteiger charge is -2.20. The second-order valence-corrected chi connectivity index (χ2v) is 4.79. The van der Waals surface area contributed by atoms with Gasteiger partial charge < -0.3 is 20.9 Å². The standard InChI is InChI=1S/C12H25N5/c1-9(2)17(4)8-6-5-7-14-12-11(13)15-10(3)16-12/h9,14H,5-8,13H2,1-4H3,(H,15,16). The van der Waals surface area contributed by atoms with E-state index in [4.69, 9.17) is 5.73 Å². The van der Waals surface area contributed by atoms with Gasteiger partial charge in [0.2, 0.25) is 0 Å². The topological polar surface area (TPSA) is 70.0 Å². The van der Waals surface area contributed by atoms with Crippen molar-refractivity contribution in [3.05, 3.63) is 5.82 Å². The summed E-state index contributed by atoms with van der Waals surface area (Å²) < 4.78 is 0. The van der Waals surface area contributed by atoms with Crippen LogP contribution in [0.15, 0.2) is 0 Å². The zero-order chi connectivity index (χ0) is 12.8. The van der Waals surface area contributed by atoms with Gasteiger partial charge in [-0.25, -0.2) is 4.98 Å². The third-order valence-corrected chi connectivity index (χ3v) is 2.96. The highest BCUT2D eigenvalue weighted by Crippen LogP contribution is 2.13. The molecule has 0 atom stereocenters. The number of imidazole rings is 1. The SMILES string of the molecule is Cc1nc(NCCCCN(C)C(C)C)c(N)[nH]1. The second kappa shape index (κ2) is 6.49. The average Bonchev–Trinajstić information content (AvgIpc) is 2.56. The Bertz CT molecular complexity index is 332. The highest BCUT2D eigenvalue weighted by Gasteiger charge is 2.04. The maximum absolute atomic E-state index is 5.76. The molecule has 0 saturated heterocycles. The van der Waals surface area contributed by atoms with Crippen molar-refractivity contribution in [1.82, 2.24) is 14.9 Å². The Kier molecular flexibility index (Phi) is 5.28. The van der Waals surface area contributed by atoms with Gasteiger partial charge in [0.1, 0.15) is 11.6 Å². The van der Waals surface area contributed by atoms with E-state index in [9.17, 15) is 0 Å². The van der Waals surface area contributed by atoms with E-state index in [-0.39, 0.29) is 0 Å². The first-order valence-corrected chi connectivity index (χ1v) is 6.27. The number of nitrogen functional groups attached to an aromatic ring is 1.